The van der Waals surface area contributed by atoms with E-state index in [2.05, 4.69) is 5.32 Å². The molecule has 0 rings (SSSR count). The van der Waals surface area contributed by atoms with Gasteiger partial charge in [0.25, 0.3) is 0 Å². The summed E-state index contributed by atoms with van der Waals surface area (Å²) in [6.07, 6.45) is -0.752. The highest BCUT2D eigenvalue weighted by Crippen LogP contribution is 2.09. The van der Waals surface area contributed by atoms with Crippen molar-refractivity contribution < 1.29 is 29.0 Å². The zero-order valence-corrected chi connectivity index (χ0v) is 12.4. The van der Waals surface area contributed by atoms with Gasteiger partial charge in [-0.3, -0.25) is 9.59 Å². The molecule has 0 saturated carbocycles. The van der Waals surface area contributed by atoms with E-state index in [1.807, 2.05) is 0 Å². The normalized spacial score (nSPS) is 12.4. The van der Waals surface area contributed by atoms with Crippen molar-refractivity contribution >= 4 is 18.0 Å². The van der Waals surface area contributed by atoms with Crippen molar-refractivity contribution in [3.63, 3.8) is 0 Å². The van der Waals surface area contributed by atoms with Crippen LogP contribution in [0.4, 0.5) is 4.79 Å². The van der Waals surface area contributed by atoms with Crippen LogP contribution in [0.1, 0.15) is 47.0 Å². The first kappa shape index (κ1) is 18.2. The average Bonchev–Trinajstić information content (AvgIpc) is 2.22. The van der Waals surface area contributed by atoms with E-state index in [1.54, 1.807) is 27.7 Å². The fraction of sp³-hybridized carbons (Fsp3) is 0.769. The number of carbonyl (C=O) groups is 3. The molecule has 0 fully saturated rings. The Morgan fingerprint density at radius 3 is 2.30 bits per heavy atom. The lowest BCUT2D eigenvalue weighted by Gasteiger charge is -2.22. The number of amides is 1. The fourth-order valence-corrected chi connectivity index (χ4v) is 1.44. The van der Waals surface area contributed by atoms with Gasteiger partial charge in [0, 0.05) is 12.5 Å². The predicted octanol–water partition coefficient (Wildman–Crippen LogP) is 1.70. The maximum absolute atomic E-state index is 11.6. The molecule has 0 saturated heterocycles. The molecule has 0 aromatic carbocycles. The molecule has 0 aliphatic heterocycles. The van der Waals surface area contributed by atoms with Crippen molar-refractivity contribution in [2.45, 2.75) is 58.6 Å². The lowest BCUT2D eigenvalue weighted by atomic mass is 10.1. The van der Waals surface area contributed by atoms with Gasteiger partial charge in [0.15, 0.2) is 0 Å². The summed E-state index contributed by atoms with van der Waals surface area (Å²) in [5.41, 5.74) is -0.668. The van der Waals surface area contributed by atoms with E-state index in [1.165, 1.54) is 0 Å². The Hall–Kier alpha value is -1.79. The van der Waals surface area contributed by atoms with Crippen LogP contribution in [0.5, 0.6) is 0 Å². The molecule has 0 radical (unpaired) electrons. The molecule has 0 aromatic rings. The maximum atomic E-state index is 11.6. The molecular formula is C13H23NO6. The second kappa shape index (κ2) is 8.39. The summed E-state index contributed by atoms with van der Waals surface area (Å²) in [5, 5.41) is 11.2. The molecule has 20 heavy (non-hydrogen) atoms. The third kappa shape index (κ3) is 10.2. The van der Waals surface area contributed by atoms with Crippen LogP contribution in [-0.4, -0.2) is 41.4 Å². The van der Waals surface area contributed by atoms with Gasteiger partial charge >= 0.3 is 18.0 Å². The first-order chi connectivity index (χ1) is 9.14. The largest absolute Gasteiger partial charge is 0.481 e. The van der Waals surface area contributed by atoms with Gasteiger partial charge < -0.3 is 19.9 Å². The summed E-state index contributed by atoms with van der Waals surface area (Å²) in [6.45, 7) is 7.07. The minimum Gasteiger partial charge on any atom is -0.481 e. The smallest absolute Gasteiger partial charge is 0.407 e. The minimum atomic E-state index is -1.06. The van der Waals surface area contributed by atoms with Crippen molar-refractivity contribution in [2.24, 2.45) is 0 Å². The molecule has 0 bridgehead atoms. The molecule has 0 aromatic heterocycles. The van der Waals surface area contributed by atoms with Crippen molar-refractivity contribution in [3.05, 3.63) is 0 Å². The summed E-state index contributed by atoms with van der Waals surface area (Å²) in [4.78, 5) is 33.6. The second-order valence-corrected chi connectivity index (χ2v) is 5.28. The first-order valence-corrected chi connectivity index (χ1v) is 6.51. The molecule has 0 aliphatic carbocycles. The SMILES string of the molecule is CCOC(=O)CC[C@@H](CC(=O)O)NC(=O)OC(C)(C)C. The number of ether oxygens (including phenoxy) is 2. The van der Waals surface area contributed by atoms with Crippen LogP contribution < -0.4 is 5.32 Å². The quantitative estimate of drug-likeness (QED) is 0.692. The lowest BCUT2D eigenvalue weighted by molar-refractivity contribution is -0.144. The summed E-state index contributed by atoms with van der Waals surface area (Å²) >= 11 is 0. The molecular weight excluding hydrogens is 266 g/mol. The molecule has 0 spiro atoms. The van der Waals surface area contributed by atoms with E-state index in [0.717, 1.165) is 0 Å². The van der Waals surface area contributed by atoms with E-state index < -0.39 is 29.7 Å². The highest BCUT2D eigenvalue weighted by molar-refractivity contribution is 5.72. The Kier molecular flexibility index (Phi) is 7.64. The summed E-state index contributed by atoms with van der Waals surface area (Å²) in [6, 6.07) is -0.674. The molecule has 1 amide bonds. The highest BCUT2D eigenvalue weighted by atomic mass is 16.6. The molecule has 0 aliphatic rings. The minimum absolute atomic E-state index is 0.0432. The number of carboxylic acids is 1. The van der Waals surface area contributed by atoms with E-state index in [-0.39, 0.29) is 25.9 Å². The first-order valence-electron chi connectivity index (χ1n) is 6.51. The molecule has 2 N–H and O–H groups in total. The van der Waals surface area contributed by atoms with Gasteiger partial charge in [-0.2, -0.15) is 0 Å². The zero-order chi connectivity index (χ0) is 15.8. The van der Waals surface area contributed by atoms with E-state index in [4.69, 9.17) is 14.6 Å². The van der Waals surface area contributed by atoms with Gasteiger partial charge in [-0.25, -0.2) is 4.79 Å². The van der Waals surface area contributed by atoms with Gasteiger partial charge in [-0.1, -0.05) is 0 Å². The van der Waals surface area contributed by atoms with Gasteiger partial charge in [0.05, 0.1) is 13.0 Å². The van der Waals surface area contributed by atoms with Crippen LogP contribution >= 0.6 is 0 Å². The van der Waals surface area contributed by atoms with Gasteiger partial charge in [0.1, 0.15) is 5.60 Å². The van der Waals surface area contributed by atoms with Crippen LogP contribution in [0.3, 0.4) is 0 Å². The summed E-state index contributed by atoms with van der Waals surface area (Å²) in [7, 11) is 0. The number of nitrogens with one attached hydrogen (secondary N) is 1. The standard InChI is InChI=1S/C13H23NO6/c1-5-19-11(17)7-6-9(8-10(15)16)14-12(18)20-13(2,3)4/h9H,5-8H2,1-4H3,(H,14,18)(H,15,16)/t9-/m0/s1. The van der Waals surface area contributed by atoms with Crippen molar-refractivity contribution in [1.82, 2.24) is 5.32 Å². The van der Waals surface area contributed by atoms with Crippen molar-refractivity contribution in [3.8, 4) is 0 Å². The Balaban J connectivity index is 4.38. The summed E-state index contributed by atoms with van der Waals surface area (Å²) < 4.78 is 9.80. The third-order valence-electron chi connectivity index (χ3n) is 2.14. The monoisotopic (exact) mass is 289 g/mol. The molecule has 0 heterocycles. The third-order valence-corrected chi connectivity index (χ3v) is 2.14. The number of aliphatic carboxylic acids is 1. The van der Waals surface area contributed by atoms with Gasteiger partial charge in [-0.05, 0) is 34.1 Å². The number of esters is 1. The molecule has 1 atom stereocenters. The average molecular weight is 289 g/mol. The fourth-order valence-electron chi connectivity index (χ4n) is 1.44. The van der Waals surface area contributed by atoms with Crippen LogP contribution in [0.2, 0.25) is 0 Å². The van der Waals surface area contributed by atoms with Crippen LogP contribution in [-0.2, 0) is 19.1 Å². The predicted molar refractivity (Wildman–Crippen MR) is 71.3 cm³/mol. The second-order valence-electron chi connectivity index (χ2n) is 5.28. The van der Waals surface area contributed by atoms with Crippen LogP contribution in [0.25, 0.3) is 0 Å². The Labute approximate surface area is 118 Å². The number of rotatable bonds is 7. The van der Waals surface area contributed by atoms with Crippen molar-refractivity contribution in [2.75, 3.05) is 6.61 Å². The maximum Gasteiger partial charge on any atom is 0.407 e. The Morgan fingerprint density at radius 2 is 1.85 bits per heavy atom. The summed E-state index contributed by atoms with van der Waals surface area (Å²) in [5.74, 6) is -1.48. The topological polar surface area (TPSA) is 102 Å². The number of hydrogen-bond acceptors (Lipinski definition) is 5. The van der Waals surface area contributed by atoms with Gasteiger partial charge in [0.2, 0.25) is 0 Å². The van der Waals surface area contributed by atoms with Crippen molar-refractivity contribution in [1.29, 1.82) is 0 Å². The van der Waals surface area contributed by atoms with Crippen LogP contribution in [0.15, 0.2) is 0 Å². The Bertz CT molecular complexity index is 347. The number of carboxylic acid groups (broad SMARTS) is 1. The molecule has 0 unspecified atom stereocenters. The Morgan fingerprint density at radius 1 is 1.25 bits per heavy atom. The van der Waals surface area contributed by atoms with E-state index in [0.29, 0.717) is 0 Å². The molecule has 116 valence electrons. The zero-order valence-electron chi connectivity index (χ0n) is 12.4. The highest BCUT2D eigenvalue weighted by Gasteiger charge is 2.22. The van der Waals surface area contributed by atoms with Crippen LogP contribution in [0, 0.1) is 0 Å². The van der Waals surface area contributed by atoms with E-state index in [9.17, 15) is 14.4 Å². The number of alkyl carbamates (subject to hydrolysis) is 1. The molecule has 7 nitrogen and oxygen atoms in total. The lowest BCUT2D eigenvalue weighted by Crippen LogP contribution is -2.40. The number of hydrogen-bond donors (Lipinski definition) is 2. The molecule has 7 heteroatoms. The van der Waals surface area contributed by atoms with Gasteiger partial charge in [-0.15, -0.1) is 0 Å². The van der Waals surface area contributed by atoms with E-state index >= 15 is 0 Å². The number of carbonyl (C=O) groups excluding carboxylic acids is 2.